The van der Waals surface area contributed by atoms with Crippen molar-refractivity contribution >= 4 is 17.8 Å². The van der Waals surface area contributed by atoms with Crippen LogP contribution in [0.5, 0.6) is 0 Å². The zero-order chi connectivity index (χ0) is 24.5. The Morgan fingerprint density at radius 1 is 1.21 bits per heavy atom. The third-order valence-corrected chi connectivity index (χ3v) is 5.75. The normalized spacial score (nSPS) is 15.3. The molecule has 2 amide bonds. The summed E-state index contributed by atoms with van der Waals surface area (Å²) >= 11 is 0. The van der Waals surface area contributed by atoms with Gasteiger partial charge in [-0.15, -0.1) is 0 Å². The lowest BCUT2D eigenvalue weighted by Gasteiger charge is -2.29. The number of carbonyl (C=O) groups excluding carboxylic acids is 2. The topological polar surface area (TPSA) is 117 Å². The van der Waals surface area contributed by atoms with Gasteiger partial charge in [0.15, 0.2) is 5.69 Å². The van der Waals surface area contributed by atoms with Gasteiger partial charge in [0.05, 0.1) is 16.8 Å². The third-order valence-electron chi connectivity index (χ3n) is 5.75. The van der Waals surface area contributed by atoms with Crippen molar-refractivity contribution < 1.29 is 23.9 Å². The quantitative estimate of drug-likeness (QED) is 0.631. The van der Waals surface area contributed by atoms with Gasteiger partial charge in [-0.3, -0.25) is 9.59 Å². The number of amides is 2. The number of hydrogen-bond acceptors (Lipinski definition) is 5. The molecule has 0 bridgehead atoms. The van der Waals surface area contributed by atoms with Crippen molar-refractivity contribution in [3.63, 3.8) is 0 Å². The van der Waals surface area contributed by atoms with Crippen molar-refractivity contribution in [1.82, 2.24) is 25.1 Å². The van der Waals surface area contributed by atoms with E-state index >= 15 is 4.39 Å². The van der Waals surface area contributed by atoms with Crippen molar-refractivity contribution in [2.24, 2.45) is 5.41 Å². The zero-order valence-corrected chi connectivity index (χ0v) is 19.5. The summed E-state index contributed by atoms with van der Waals surface area (Å²) in [5.41, 5.74) is -0.329. The van der Waals surface area contributed by atoms with Crippen molar-refractivity contribution in [3.05, 3.63) is 41.0 Å². The van der Waals surface area contributed by atoms with Gasteiger partial charge >= 0.3 is 5.97 Å². The number of carbonyl (C=O) groups is 3. The summed E-state index contributed by atoms with van der Waals surface area (Å²) in [5.74, 6) is -2.97. The Kier molecular flexibility index (Phi) is 6.87. The number of imidazole rings is 1. The van der Waals surface area contributed by atoms with Crippen molar-refractivity contribution in [1.29, 1.82) is 0 Å². The minimum Gasteiger partial charge on any atom is -0.478 e. The number of likely N-dealkylation sites (N-methyl/N-ethyl adjacent to an activating group) is 1. The van der Waals surface area contributed by atoms with E-state index in [9.17, 15) is 19.5 Å². The Labute approximate surface area is 192 Å². The maximum absolute atomic E-state index is 15.1. The molecule has 3 rings (SSSR count). The van der Waals surface area contributed by atoms with E-state index in [1.807, 2.05) is 32.7 Å². The van der Waals surface area contributed by atoms with E-state index in [1.165, 1.54) is 25.2 Å². The molecule has 0 radical (unpaired) electrons. The number of aromatic nitrogens is 2. The maximum atomic E-state index is 15.1. The molecule has 9 nitrogen and oxygen atoms in total. The Balaban J connectivity index is 2.13. The van der Waals surface area contributed by atoms with Gasteiger partial charge in [-0.05, 0) is 37.6 Å². The highest BCUT2D eigenvalue weighted by atomic mass is 19.1. The number of carboxylic acid groups (broad SMARTS) is 1. The highest BCUT2D eigenvalue weighted by molar-refractivity contribution is 5.98. The molecule has 2 aromatic rings. The SMILES string of the molecule is CNC(=O)[C@@H](NC(=O)c1nc(-c2cccc(C(=O)O)c2F)n2c1CN(C)CCC2)C(C)(C)C. The van der Waals surface area contributed by atoms with Gasteiger partial charge in [0.1, 0.15) is 17.7 Å². The molecule has 0 saturated heterocycles. The summed E-state index contributed by atoms with van der Waals surface area (Å²) in [7, 11) is 3.42. The second kappa shape index (κ2) is 9.30. The Morgan fingerprint density at radius 2 is 1.91 bits per heavy atom. The third kappa shape index (κ3) is 4.90. The first-order chi connectivity index (χ1) is 15.5. The van der Waals surface area contributed by atoms with Gasteiger partial charge in [0.25, 0.3) is 5.91 Å². The number of benzene rings is 1. The van der Waals surface area contributed by atoms with Crippen LogP contribution in [-0.2, 0) is 17.9 Å². The number of nitrogens with one attached hydrogen (secondary N) is 2. The number of rotatable bonds is 5. The molecule has 1 aliphatic rings. The van der Waals surface area contributed by atoms with Gasteiger partial charge in [-0.2, -0.15) is 0 Å². The molecule has 1 aliphatic heterocycles. The molecule has 2 heterocycles. The van der Waals surface area contributed by atoms with Crippen LogP contribution in [-0.4, -0.2) is 64.0 Å². The van der Waals surface area contributed by atoms with E-state index in [-0.39, 0.29) is 23.0 Å². The highest BCUT2D eigenvalue weighted by Gasteiger charge is 2.35. The van der Waals surface area contributed by atoms with Gasteiger partial charge in [-0.1, -0.05) is 26.8 Å². The average molecular weight is 460 g/mol. The smallest absolute Gasteiger partial charge is 0.338 e. The molecule has 1 aromatic carbocycles. The van der Waals surface area contributed by atoms with Gasteiger partial charge < -0.3 is 25.2 Å². The standard InChI is InChI=1S/C23H30FN5O4/c1-23(2,3)18(21(31)25-4)27-20(30)17-15-12-28(5)10-7-11-29(15)19(26-17)13-8-6-9-14(16(13)24)22(32)33/h6,8-9,18H,7,10-12H2,1-5H3,(H,25,31)(H,27,30)(H,32,33)/t18-/m1/s1. The summed E-state index contributed by atoms with van der Waals surface area (Å²) in [6, 6.07) is 3.28. The van der Waals surface area contributed by atoms with E-state index in [4.69, 9.17) is 0 Å². The number of halogens is 1. The predicted molar refractivity (Wildman–Crippen MR) is 120 cm³/mol. The number of aromatic carboxylic acids is 1. The first-order valence-corrected chi connectivity index (χ1v) is 10.8. The van der Waals surface area contributed by atoms with Gasteiger partial charge in [-0.25, -0.2) is 14.2 Å². The largest absolute Gasteiger partial charge is 0.478 e. The molecular weight excluding hydrogens is 429 g/mol. The fourth-order valence-corrected chi connectivity index (χ4v) is 4.00. The van der Waals surface area contributed by atoms with Gasteiger partial charge in [0, 0.05) is 20.1 Å². The minimum absolute atomic E-state index is 0.0124. The Morgan fingerprint density at radius 3 is 2.52 bits per heavy atom. The molecule has 33 heavy (non-hydrogen) atoms. The fourth-order valence-electron chi connectivity index (χ4n) is 4.00. The van der Waals surface area contributed by atoms with E-state index in [0.29, 0.717) is 18.8 Å². The fraction of sp³-hybridized carbons (Fsp3) is 0.478. The lowest BCUT2D eigenvalue weighted by molar-refractivity contribution is -0.124. The monoisotopic (exact) mass is 459 g/mol. The van der Waals surface area contributed by atoms with Crippen LogP contribution < -0.4 is 10.6 Å². The summed E-state index contributed by atoms with van der Waals surface area (Å²) < 4.78 is 16.9. The Bertz CT molecular complexity index is 1090. The number of nitrogens with zero attached hydrogens (tertiary/aromatic N) is 3. The second-order valence-corrected chi connectivity index (χ2v) is 9.33. The van der Waals surface area contributed by atoms with Crippen LogP contribution in [0.15, 0.2) is 18.2 Å². The molecular formula is C23H30FN5O4. The molecule has 178 valence electrons. The second-order valence-electron chi connectivity index (χ2n) is 9.33. The van der Waals surface area contributed by atoms with Gasteiger partial charge in [0.2, 0.25) is 5.91 Å². The molecule has 1 aromatic heterocycles. The van der Waals surface area contributed by atoms with Crippen molar-refractivity contribution in [2.75, 3.05) is 20.6 Å². The molecule has 0 spiro atoms. The van der Waals surface area contributed by atoms with Crippen LogP contribution in [0.3, 0.4) is 0 Å². The molecule has 0 saturated carbocycles. The van der Waals surface area contributed by atoms with E-state index in [2.05, 4.69) is 15.6 Å². The van der Waals surface area contributed by atoms with Crippen molar-refractivity contribution in [3.8, 4) is 11.4 Å². The van der Waals surface area contributed by atoms with E-state index in [1.54, 1.807) is 4.57 Å². The minimum atomic E-state index is -1.38. The van der Waals surface area contributed by atoms with Crippen LogP contribution in [0.25, 0.3) is 11.4 Å². The number of carboxylic acids is 1. The summed E-state index contributed by atoms with van der Waals surface area (Å²) in [6.45, 7) is 7.18. The Hall–Kier alpha value is -3.27. The lowest BCUT2D eigenvalue weighted by Crippen LogP contribution is -2.53. The van der Waals surface area contributed by atoms with Crippen LogP contribution in [0.4, 0.5) is 4.39 Å². The predicted octanol–water partition coefficient (Wildman–Crippen LogP) is 2.11. The van der Waals surface area contributed by atoms with Crippen LogP contribution in [0, 0.1) is 11.2 Å². The molecule has 0 fully saturated rings. The summed E-state index contributed by atoms with van der Waals surface area (Å²) in [6.07, 6.45) is 0.747. The maximum Gasteiger partial charge on any atom is 0.338 e. The van der Waals surface area contributed by atoms with E-state index < -0.39 is 34.7 Å². The summed E-state index contributed by atoms with van der Waals surface area (Å²) in [5, 5.41) is 14.7. The molecule has 1 atom stereocenters. The highest BCUT2D eigenvalue weighted by Crippen LogP contribution is 2.30. The number of hydrogen-bond donors (Lipinski definition) is 3. The molecule has 10 heteroatoms. The zero-order valence-electron chi connectivity index (χ0n) is 19.5. The van der Waals surface area contributed by atoms with Crippen LogP contribution in [0.2, 0.25) is 0 Å². The van der Waals surface area contributed by atoms with Crippen LogP contribution in [0.1, 0.15) is 53.7 Å². The first kappa shape index (κ1) is 24.4. The lowest BCUT2D eigenvalue weighted by atomic mass is 9.86. The van der Waals surface area contributed by atoms with E-state index in [0.717, 1.165) is 13.0 Å². The summed E-state index contributed by atoms with van der Waals surface area (Å²) in [4.78, 5) is 43.7. The van der Waals surface area contributed by atoms with Crippen molar-refractivity contribution in [2.45, 2.75) is 46.3 Å². The molecule has 0 unspecified atom stereocenters. The molecule has 0 aliphatic carbocycles. The molecule has 3 N–H and O–H groups in total. The average Bonchev–Trinajstić information content (AvgIpc) is 2.96. The number of fused-ring (bicyclic) bond motifs is 1. The first-order valence-electron chi connectivity index (χ1n) is 10.8. The van der Waals surface area contributed by atoms with Crippen LogP contribution >= 0.6 is 0 Å².